The highest BCUT2D eigenvalue weighted by molar-refractivity contribution is 9.10. The molecular formula is C11H12BrFO2. The van der Waals surface area contributed by atoms with Crippen LogP contribution in [0.1, 0.15) is 23.7 Å². The second kappa shape index (κ2) is 4.20. The summed E-state index contributed by atoms with van der Waals surface area (Å²) in [5.41, 5.74) is 1.24. The lowest BCUT2D eigenvalue weighted by Gasteiger charge is -2.12. The standard InChI is InChI=1S/C11H12BrFO2/c12-7-4-9-8(10(13)5-7)3-6(1-2-14)11(9)15/h4-6,11,14-15H,1-3H2/t6-,11-/m1/s1. The molecule has 2 rings (SSSR count). The molecule has 2 N–H and O–H groups in total. The Kier molecular flexibility index (Phi) is 3.09. The molecule has 0 spiro atoms. The van der Waals surface area contributed by atoms with Crippen molar-refractivity contribution >= 4 is 15.9 Å². The van der Waals surface area contributed by atoms with E-state index in [1.165, 1.54) is 6.07 Å². The van der Waals surface area contributed by atoms with Gasteiger partial charge in [-0.2, -0.15) is 0 Å². The smallest absolute Gasteiger partial charge is 0.127 e. The molecule has 1 aliphatic rings. The molecule has 82 valence electrons. The van der Waals surface area contributed by atoms with E-state index in [0.717, 1.165) is 0 Å². The molecule has 0 radical (unpaired) electrons. The molecule has 0 saturated carbocycles. The fourth-order valence-corrected chi connectivity index (χ4v) is 2.60. The molecule has 0 fully saturated rings. The average molecular weight is 275 g/mol. The highest BCUT2D eigenvalue weighted by atomic mass is 79.9. The van der Waals surface area contributed by atoms with Crippen LogP contribution in [0.15, 0.2) is 16.6 Å². The van der Waals surface area contributed by atoms with Crippen LogP contribution in [-0.2, 0) is 6.42 Å². The zero-order chi connectivity index (χ0) is 11.0. The van der Waals surface area contributed by atoms with E-state index < -0.39 is 6.10 Å². The van der Waals surface area contributed by atoms with Gasteiger partial charge in [-0.25, -0.2) is 4.39 Å². The van der Waals surface area contributed by atoms with Crippen molar-refractivity contribution in [3.05, 3.63) is 33.5 Å². The molecule has 15 heavy (non-hydrogen) atoms. The summed E-state index contributed by atoms with van der Waals surface area (Å²) < 4.78 is 14.2. The van der Waals surface area contributed by atoms with Gasteiger partial charge in [0.1, 0.15) is 5.82 Å². The van der Waals surface area contributed by atoms with Crippen LogP contribution in [0.4, 0.5) is 4.39 Å². The van der Waals surface area contributed by atoms with Crippen LogP contribution in [0, 0.1) is 11.7 Å². The lowest BCUT2D eigenvalue weighted by atomic mass is 10.0. The SMILES string of the molecule is OCC[C@@H]1Cc2c(F)cc(Br)cc2[C@@H]1O. The van der Waals surface area contributed by atoms with Gasteiger partial charge in [-0.3, -0.25) is 0 Å². The normalized spacial score (nSPS) is 24.3. The van der Waals surface area contributed by atoms with Crippen molar-refractivity contribution in [3.8, 4) is 0 Å². The number of aliphatic hydroxyl groups is 2. The first-order valence-electron chi connectivity index (χ1n) is 4.90. The lowest BCUT2D eigenvalue weighted by molar-refractivity contribution is 0.104. The van der Waals surface area contributed by atoms with E-state index in [1.807, 2.05) is 0 Å². The largest absolute Gasteiger partial charge is 0.396 e. The van der Waals surface area contributed by atoms with E-state index >= 15 is 0 Å². The third-order valence-corrected chi connectivity index (χ3v) is 3.38. The summed E-state index contributed by atoms with van der Waals surface area (Å²) in [6.07, 6.45) is 0.363. The average Bonchev–Trinajstić information content (AvgIpc) is 2.47. The molecule has 0 amide bonds. The first kappa shape index (κ1) is 11.0. The number of benzene rings is 1. The number of halogens is 2. The Labute approximate surface area is 95.9 Å². The number of hydrogen-bond donors (Lipinski definition) is 2. The molecule has 1 aromatic rings. The van der Waals surface area contributed by atoms with Crippen LogP contribution in [0.3, 0.4) is 0 Å². The fraction of sp³-hybridized carbons (Fsp3) is 0.455. The van der Waals surface area contributed by atoms with Crippen molar-refractivity contribution in [3.63, 3.8) is 0 Å². The molecule has 0 bridgehead atoms. The molecule has 0 heterocycles. The van der Waals surface area contributed by atoms with Crippen molar-refractivity contribution < 1.29 is 14.6 Å². The zero-order valence-electron chi connectivity index (χ0n) is 8.08. The first-order valence-corrected chi connectivity index (χ1v) is 5.69. The summed E-state index contributed by atoms with van der Waals surface area (Å²) >= 11 is 3.20. The van der Waals surface area contributed by atoms with Crippen molar-refractivity contribution in [1.29, 1.82) is 0 Å². The van der Waals surface area contributed by atoms with Gasteiger partial charge >= 0.3 is 0 Å². The van der Waals surface area contributed by atoms with Gasteiger partial charge in [0.15, 0.2) is 0 Å². The van der Waals surface area contributed by atoms with Crippen molar-refractivity contribution in [2.45, 2.75) is 18.9 Å². The molecular weight excluding hydrogens is 263 g/mol. The summed E-state index contributed by atoms with van der Waals surface area (Å²) in [5, 5.41) is 18.8. The predicted octanol–water partition coefficient (Wildman–Crippen LogP) is 2.18. The van der Waals surface area contributed by atoms with Gasteiger partial charge in [0.05, 0.1) is 6.10 Å². The fourth-order valence-electron chi connectivity index (χ4n) is 2.16. The molecule has 1 aliphatic carbocycles. The molecule has 0 saturated heterocycles. The maximum Gasteiger partial charge on any atom is 0.127 e. The summed E-state index contributed by atoms with van der Waals surface area (Å²) in [7, 11) is 0. The van der Waals surface area contributed by atoms with Crippen LogP contribution < -0.4 is 0 Å². The minimum atomic E-state index is -0.654. The van der Waals surface area contributed by atoms with Crippen LogP contribution in [0.25, 0.3) is 0 Å². The number of aliphatic hydroxyl groups excluding tert-OH is 2. The molecule has 1 aromatic carbocycles. The third kappa shape index (κ3) is 1.94. The Morgan fingerprint density at radius 2 is 2.20 bits per heavy atom. The Hall–Kier alpha value is -0.450. The summed E-state index contributed by atoms with van der Waals surface area (Å²) in [5.74, 6) is -0.340. The zero-order valence-corrected chi connectivity index (χ0v) is 9.67. The minimum absolute atomic E-state index is 0.0263. The van der Waals surface area contributed by atoms with Gasteiger partial charge in [-0.1, -0.05) is 15.9 Å². The maximum absolute atomic E-state index is 13.5. The first-order chi connectivity index (χ1) is 7.13. The second-order valence-corrected chi connectivity index (χ2v) is 4.79. The summed E-state index contributed by atoms with van der Waals surface area (Å²) in [4.78, 5) is 0. The monoisotopic (exact) mass is 274 g/mol. The van der Waals surface area contributed by atoms with Crippen molar-refractivity contribution in [1.82, 2.24) is 0 Å². The van der Waals surface area contributed by atoms with E-state index in [0.29, 0.717) is 28.4 Å². The van der Waals surface area contributed by atoms with Gasteiger partial charge in [-0.15, -0.1) is 0 Å². The van der Waals surface area contributed by atoms with E-state index in [9.17, 15) is 9.50 Å². The Morgan fingerprint density at radius 3 is 2.87 bits per heavy atom. The Balaban J connectivity index is 2.36. The van der Waals surface area contributed by atoms with Gasteiger partial charge < -0.3 is 10.2 Å². The number of hydrogen-bond acceptors (Lipinski definition) is 2. The number of fused-ring (bicyclic) bond motifs is 1. The third-order valence-electron chi connectivity index (χ3n) is 2.93. The lowest BCUT2D eigenvalue weighted by Crippen LogP contribution is -2.08. The highest BCUT2D eigenvalue weighted by Crippen LogP contribution is 2.40. The molecule has 2 atom stereocenters. The Bertz CT molecular complexity index is 381. The van der Waals surface area contributed by atoms with Gasteiger partial charge in [0, 0.05) is 11.1 Å². The summed E-state index contributed by atoms with van der Waals surface area (Å²) in [6, 6.07) is 3.16. The van der Waals surface area contributed by atoms with Crippen LogP contribution in [-0.4, -0.2) is 16.8 Å². The Morgan fingerprint density at radius 1 is 1.47 bits per heavy atom. The van der Waals surface area contributed by atoms with E-state index in [-0.39, 0.29) is 18.3 Å². The van der Waals surface area contributed by atoms with Crippen molar-refractivity contribution in [2.75, 3.05) is 6.61 Å². The van der Waals surface area contributed by atoms with Gasteiger partial charge in [0.25, 0.3) is 0 Å². The quantitative estimate of drug-likeness (QED) is 0.868. The second-order valence-electron chi connectivity index (χ2n) is 3.88. The molecule has 2 nitrogen and oxygen atoms in total. The molecule has 0 aromatic heterocycles. The van der Waals surface area contributed by atoms with E-state index in [2.05, 4.69) is 15.9 Å². The topological polar surface area (TPSA) is 40.5 Å². The summed E-state index contributed by atoms with van der Waals surface area (Å²) in [6.45, 7) is 0.0263. The van der Waals surface area contributed by atoms with Crippen LogP contribution in [0.2, 0.25) is 0 Å². The minimum Gasteiger partial charge on any atom is -0.396 e. The molecule has 0 aliphatic heterocycles. The number of rotatable bonds is 2. The maximum atomic E-state index is 13.5. The van der Waals surface area contributed by atoms with Crippen LogP contribution in [0.5, 0.6) is 0 Å². The van der Waals surface area contributed by atoms with Crippen LogP contribution >= 0.6 is 15.9 Å². The van der Waals surface area contributed by atoms with Gasteiger partial charge in [0.2, 0.25) is 0 Å². The van der Waals surface area contributed by atoms with E-state index in [1.54, 1.807) is 6.07 Å². The molecule has 0 unspecified atom stereocenters. The highest BCUT2D eigenvalue weighted by Gasteiger charge is 2.32. The molecule has 4 heteroatoms. The van der Waals surface area contributed by atoms with E-state index in [4.69, 9.17) is 5.11 Å². The van der Waals surface area contributed by atoms with Crippen molar-refractivity contribution in [2.24, 2.45) is 5.92 Å². The predicted molar refractivity (Wildman–Crippen MR) is 58.0 cm³/mol. The van der Waals surface area contributed by atoms with Gasteiger partial charge in [-0.05, 0) is 42.0 Å².